The predicted molar refractivity (Wildman–Crippen MR) is 108 cm³/mol. The van der Waals surface area contributed by atoms with Gasteiger partial charge in [-0.05, 0) is 68.4 Å². The minimum absolute atomic E-state index is 0.000307. The second kappa shape index (κ2) is 7.47. The van der Waals surface area contributed by atoms with Gasteiger partial charge in [0.25, 0.3) is 11.8 Å². The molecule has 0 aliphatic heterocycles. The Kier molecular flexibility index (Phi) is 5.04. The van der Waals surface area contributed by atoms with Gasteiger partial charge in [-0.1, -0.05) is 19.1 Å². The Morgan fingerprint density at radius 2 is 1.85 bits per heavy atom. The number of aryl methyl sites for hydroxylation is 2. The topological polar surface area (TPSA) is 49.4 Å². The van der Waals surface area contributed by atoms with Crippen molar-refractivity contribution >= 4 is 23.2 Å². The minimum atomic E-state index is 0.000307. The number of hydrogen-bond donors (Lipinski definition) is 1. The van der Waals surface area contributed by atoms with Crippen LogP contribution in [0, 0.1) is 6.92 Å². The van der Waals surface area contributed by atoms with Gasteiger partial charge in [0.15, 0.2) is 0 Å². The molecule has 0 bridgehead atoms. The van der Waals surface area contributed by atoms with Crippen LogP contribution in [0.15, 0.2) is 30.3 Å². The molecule has 142 valence electrons. The van der Waals surface area contributed by atoms with E-state index in [1.165, 1.54) is 10.4 Å². The number of carbonyl (C=O) groups excluding carboxylic acids is 2. The third-order valence-corrected chi connectivity index (χ3v) is 6.42. The fourth-order valence-electron chi connectivity index (χ4n) is 3.33. The molecule has 2 aliphatic rings. The molecule has 4 rings (SSSR count). The molecule has 27 heavy (non-hydrogen) atoms. The Balaban J connectivity index is 1.46. The van der Waals surface area contributed by atoms with Gasteiger partial charge in [0.2, 0.25) is 0 Å². The fraction of sp³-hybridized carbons (Fsp3) is 0.455. The summed E-state index contributed by atoms with van der Waals surface area (Å²) in [6, 6.07) is 10.5. The molecule has 0 spiro atoms. The second-order valence-electron chi connectivity index (χ2n) is 7.65. The smallest absolute Gasteiger partial charge is 0.264 e. The van der Waals surface area contributed by atoms with Crippen molar-refractivity contribution in [2.75, 3.05) is 0 Å². The van der Waals surface area contributed by atoms with Crippen LogP contribution in [-0.2, 0) is 13.0 Å². The first-order valence-electron chi connectivity index (χ1n) is 9.85. The summed E-state index contributed by atoms with van der Waals surface area (Å²) in [7, 11) is 0. The normalized spacial score (nSPS) is 16.2. The van der Waals surface area contributed by atoms with Crippen LogP contribution < -0.4 is 5.32 Å². The summed E-state index contributed by atoms with van der Waals surface area (Å²) < 4.78 is 0. The lowest BCUT2D eigenvalue weighted by molar-refractivity contribution is 0.0734. The van der Waals surface area contributed by atoms with Crippen molar-refractivity contribution in [1.29, 1.82) is 0 Å². The summed E-state index contributed by atoms with van der Waals surface area (Å²) in [6.07, 6.45) is 5.30. The summed E-state index contributed by atoms with van der Waals surface area (Å²) in [5.41, 5.74) is 3.03. The fourth-order valence-corrected chi connectivity index (χ4v) is 4.40. The molecule has 0 saturated heterocycles. The predicted octanol–water partition coefficient (Wildman–Crippen LogP) is 4.32. The molecule has 4 nitrogen and oxygen atoms in total. The van der Waals surface area contributed by atoms with Crippen LogP contribution >= 0.6 is 11.3 Å². The van der Waals surface area contributed by atoms with Gasteiger partial charge in [-0.25, -0.2) is 0 Å². The standard InChI is InChI=1S/C22H26N2O2S/c1-3-16-12-20(27-14(16)2)22(26)24(19-10-11-19)13-15-4-6-17(7-5-15)21(25)23-18-8-9-18/h4-7,12,18-19H,3,8-11,13H2,1-2H3,(H,23,25). The highest BCUT2D eigenvalue weighted by molar-refractivity contribution is 7.14. The van der Waals surface area contributed by atoms with Crippen LogP contribution in [0.25, 0.3) is 0 Å². The van der Waals surface area contributed by atoms with Gasteiger partial charge in [-0.2, -0.15) is 0 Å². The lowest BCUT2D eigenvalue weighted by Gasteiger charge is -2.22. The first-order valence-corrected chi connectivity index (χ1v) is 10.7. The van der Waals surface area contributed by atoms with Crippen LogP contribution in [0.2, 0.25) is 0 Å². The quantitative estimate of drug-likeness (QED) is 0.775. The van der Waals surface area contributed by atoms with Crippen molar-refractivity contribution in [3.8, 4) is 0 Å². The first-order chi connectivity index (χ1) is 13.0. The number of thiophene rings is 1. The molecule has 2 aliphatic carbocycles. The molecule has 0 atom stereocenters. The molecule has 1 N–H and O–H groups in total. The number of rotatable bonds is 7. The largest absolute Gasteiger partial charge is 0.349 e. The summed E-state index contributed by atoms with van der Waals surface area (Å²) in [4.78, 5) is 29.3. The molecule has 2 fully saturated rings. The Hall–Kier alpha value is -2.14. The van der Waals surface area contributed by atoms with E-state index in [-0.39, 0.29) is 11.8 Å². The van der Waals surface area contributed by atoms with E-state index in [0.717, 1.165) is 42.5 Å². The summed E-state index contributed by atoms with van der Waals surface area (Å²) >= 11 is 1.60. The van der Waals surface area contributed by atoms with E-state index in [1.807, 2.05) is 29.2 Å². The van der Waals surface area contributed by atoms with Gasteiger partial charge in [0.05, 0.1) is 4.88 Å². The van der Waals surface area contributed by atoms with Gasteiger partial charge < -0.3 is 10.2 Å². The monoisotopic (exact) mass is 382 g/mol. The summed E-state index contributed by atoms with van der Waals surface area (Å²) in [5, 5.41) is 3.01. The molecular weight excluding hydrogens is 356 g/mol. The highest BCUT2D eigenvalue weighted by Gasteiger charge is 2.34. The molecule has 0 radical (unpaired) electrons. The lowest BCUT2D eigenvalue weighted by Crippen LogP contribution is -2.32. The zero-order chi connectivity index (χ0) is 19.0. The molecule has 0 unspecified atom stereocenters. The number of nitrogens with zero attached hydrogens (tertiary/aromatic N) is 1. The maximum Gasteiger partial charge on any atom is 0.264 e. The van der Waals surface area contributed by atoms with Gasteiger partial charge in [-0.15, -0.1) is 11.3 Å². The third kappa shape index (κ3) is 4.24. The number of hydrogen-bond acceptors (Lipinski definition) is 3. The zero-order valence-corrected chi connectivity index (χ0v) is 16.8. The van der Waals surface area contributed by atoms with Crippen LogP contribution in [0.4, 0.5) is 0 Å². The van der Waals surface area contributed by atoms with Crippen LogP contribution in [0.3, 0.4) is 0 Å². The van der Waals surface area contributed by atoms with Gasteiger partial charge in [-0.3, -0.25) is 9.59 Å². The molecular formula is C22H26N2O2S. The molecule has 2 saturated carbocycles. The molecule has 2 amide bonds. The van der Waals surface area contributed by atoms with E-state index in [1.54, 1.807) is 11.3 Å². The van der Waals surface area contributed by atoms with Crippen molar-refractivity contribution in [3.63, 3.8) is 0 Å². The molecule has 5 heteroatoms. The van der Waals surface area contributed by atoms with E-state index in [9.17, 15) is 9.59 Å². The lowest BCUT2D eigenvalue weighted by atomic mass is 10.1. The van der Waals surface area contributed by atoms with Crippen LogP contribution in [0.5, 0.6) is 0 Å². The van der Waals surface area contributed by atoms with Crippen molar-refractivity contribution in [3.05, 3.63) is 56.8 Å². The SMILES string of the molecule is CCc1cc(C(=O)N(Cc2ccc(C(=O)NC3CC3)cc2)C2CC2)sc1C. The van der Waals surface area contributed by atoms with Gasteiger partial charge >= 0.3 is 0 Å². The Bertz CT molecular complexity index is 848. The summed E-state index contributed by atoms with van der Waals surface area (Å²) in [5.74, 6) is 0.140. The highest BCUT2D eigenvalue weighted by Crippen LogP contribution is 2.32. The molecule has 1 aromatic carbocycles. The average Bonchev–Trinajstić information content (AvgIpc) is 3.59. The van der Waals surface area contributed by atoms with E-state index in [2.05, 4.69) is 25.2 Å². The van der Waals surface area contributed by atoms with Crippen molar-refractivity contribution in [2.45, 2.75) is 64.6 Å². The Labute approximate surface area is 164 Å². The summed E-state index contributed by atoms with van der Waals surface area (Å²) in [6.45, 7) is 4.82. The van der Waals surface area contributed by atoms with Crippen LogP contribution in [-0.4, -0.2) is 28.8 Å². The van der Waals surface area contributed by atoms with E-state index in [0.29, 0.717) is 24.2 Å². The number of benzene rings is 1. The second-order valence-corrected chi connectivity index (χ2v) is 8.91. The van der Waals surface area contributed by atoms with Gasteiger partial charge in [0.1, 0.15) is 0 Å². The molecule has 1 aromatic heterocycles. The number of nitrogens with one attached hydrogen (secondary N) is 1. The average molecular weight is 383 g/mol. The number of amides is 2. The maximum absolute atomic E-state index is 13.1. The van der Waals surface area contributed by atoms with E-state index >= 15 is 0 Å². The maximum atomic E-state index is 13.1. The Morgan fingerprint density at radius 3 is 2.41 bits per heavy atom. The van der Waals surface area contributed by atoms with Crippen molar-refractivity contribution < 1.29 is 9.59 Å². The minimum Gasteiger partial charge on any atom is -0.349 e. The molecule has 1 heterocycles. The van der Waals surface area contributed by atoms with Crippen LogP contribution in [0.1, 0.15) is 68.6 Å². The van der Waals surface area contributed by atoms with E-state index < -0.39 is 0 Å². The number of carbonyl (C=O) groups is 2. The van der Waals surface area contributed by atoms with Gasteiger partial charge in [0, 0.05) is 29.1 Å². The third-order valence-electron chi connectivity index (χ3n) is 5.34. The zero-order valence-electron chi connectivity index (χ0n) is 16.0. The van der Waals surface area contributed by atoms with Crippen molar-refractivity contribution in [2.24, 2.45) is 0 Å². The van der Waals surface area contributed by atoms with Crippen molar-refractivity contribution in [1.82, 2.24) is 10.2 Å². The molecule has 2 aromatic rings. The van der Waals surface area contributed by atoms with E-state index in [4.69, 9.17) is 0 Å². The first kappa shape index (κ1) is 18.2. The highest BCUT2D eigenvalue weighted by atomic mass is 32.1. The Morgan fingerprint density at radius 1 is 1.15 bits per heavy atom.